The van der Waals surface area contributed by atoms with Crippen molar-refractivity contribution in [1.82, 2.24) is 24.5 Å². The summed E-state index contributed by atoms with van der Waals surface area (Å²) < 4.78 is 118. The molecule has 0 radical (unpaired) electrons. The highest BCUT2D eigenvalue weighted by molar-refractivity contribution is 5.98. The van der Waals surface area contributed by atoms with E-state index in [9.17, 15) is 50.3 Å². The van der Waals surface area contributed by atoms with Crippen LogP contribution < -0.4 is 19.9 Å². The lowest BCUT2D eigenvalue weighted by molar-refractivity contribution is 0.0167. The number of carbonyl (C=O) groups is 5. The first-order valence-electron chi connectivity index (χ1n) is 42.1. The van der Waals surface area contributed by atoms with E-state index in [1.165, 1.54) is 103 Å². The Kier molecular flexibility index (Phi) is 33.8. The molecule has 4 amide bonds. The molecule has 6 aromatic rings. The van der Waals surface area contributed by atoms with Crippen LogP contribution >= 0.6 is 0 Å². The van der Waals surface area contributed by atoms with E-state index in [4.69, 9.17) is 38.9 Å². The number of nitrogens with zero attached hydrogens (tertiary/aromatic N) is 5. The van der Waals surface area contributed by atoms with Crippen molar-refractivity contribution in [2.24, 2.45) is 47.2 Å². The predicted octanol–water partition coefficient (Wildman–Crippen LogP) is 21.4. The SMILES string of the molecule is CC(C)[C@@H](N)CCC1CCN(C(=O)OC(C)(C)C)CC1.CC(C)[C@H](CCC1CCN(C(=O)OC(C)(C)C)CC1)N1CCc2ccc(Oc3ccc(F)cc3F)cc2C1=O.CC(C)[C@H](CCC1CCN(CC2CC2)CC1)N1CCc2ccc(Oc3ccc(F)cc3F)cc2C1=O.CO/C=C/c1ccc(Oc2ccc(F)cc2F)cc1C(=O)OC. The summed E-state index contributed by atoms with van der Waals surface area (Å²) in [5.74, 6) is -0.257. The molecule has 644 valence electrons. The number of esters is 1. The lowest BCUT2D eigenvalue weighted by Crippen LogP contribution is -2.47. The minimum atomic E-state index is -0.840. The third-order valence-electron chi connectivity index (χ3n) is 22.9. The molecular formula is C94H124F6N6O12. The first-order chi connectivity index (χ1) is 56.0. The van der Waals surface area contributed by atoms with E-state index < -0.39 is 52.1 Å². The lowest BCUT2D eigenvalue weighted by atomic mass is 9.86. The number of rotatable bonds is 25. The van der Waals surface area contributed by atoms with Crippen LogP contribution in [0.3, 0.4) is 0 Å². The van der Waals surface area contributed by atoms with Crippen LogP contribution in [0, 0.1) is 76.3 Å². The quantitative estimate of drug-likeness (QED) is 0.0246. The molecule has 12 rings (SSSR count). The number of benzene rings is 6. The second-order valence-corrected chi connectivity index (χ2v) is 35.2. The van der Waals surface area contributed by atoms with Crippen LogP contribution in [-0.2, 0) is 31.8 Å². The van der Waals surface area contributed by atoms with Gasteiger partial charge >= 0.3 is 18.2 Å². The molecule has 24 heteroatoms. The number of ether oxygens (including phenoxy) is 7. The third-order valence-corrected chi connectivity index (χ3v) is 22.9. The van der Waals surface area contributed by atoms with Crippen LogP contribution in [-0.4, -0.2) is 157 Å². The van der Waals surface area contributed by atoms with Crippen molar-refractivity contribution in [2.75, 3.05) is 73.1 Å². The van der Waals surface area contributed by atoms with Gasteiger partial charge in [-0.2, -0.15) is 0 Å². The van der Waals surface area contributed by atoms with Gasteiger partial charge in [-0.25, -0.2) is 40.7 Å². The first kappa shape index (κ1) is 92.6. The van der Waals surface area contributed by atoms with E-state index in [1.54, 1.807) is 47.4 Å². The molecule has 6 aliphatic rings. The van der Waals surface area contributed by atoms with E-state index in [0.717, 1.165) is 137 Å². The third kappa shape index (κ3) is 27.9. The molecule has 4 fully saturated rings. The van der Waals surface area contributed by atoms with Crippen molar-refractivity contribution < 1.29 is 83.5 Å². The predicted molar refractivity (Wildman–Crippen MR) is 446 cm³/mol. The highest BCUT2D eigenvalue weighted by Crippen LogP contribution is 2.38. The average Bonchev–Trinajstić information content (AvgIpc) is 0.923. The van der Waals surface area contributed by atoms with Crippen molar-refractivity contribution in [1.29, 1.82) is 0 Å². The van der Waals surface area contributed by atoms with Crippen molar-refractivity contribution in [2.45, 2.75) is 215 Å². The fourth-order valence-electron chi connectivity index (χ4n) is 15.8. The van der Waals surface area contributed by atoms with Gasteiger partial charge in [0.1, 0.15) is 45.9 Å². The fourth-order valence-corrected chi connectivity index (χ4v) is 15.8. The summed E-state index contributed by atoms with van der Waals surface area (Å²) in [6.07, 6.45) is 19.9. The van der Waals surface area contributed by atoms with Gasteiger partial charge in [0, 0.05) is 93.3 Å². The van der Waals surface area contributed by atoms with Gasteiger partial charge in [-0.1, -0.05) is 59.7 Å². The Hall–Kier alpha value is -9.29. The molecule has 1 aliphatic carbocycles. The maximum absolute atomic E-state index is 14.1. The Morgan fingerprint density at radius 3 is 1.20 bits per heavy atom. The van der Waals surface area contributed by atoms with Crippen molar-refractivity contribution in [3.05, 3.63) is 184 Å². The first-order valence-corrected chi connectivity index (χ1v) is 42.1. The summed E-state index contributed by atoms with van der Waals surface area (Å²) in [5.41, 5.74) is 9.09. The summed E-state index contributed by atoms with van der Waals surface area (Å²) in [4.78, 5) is 73.8. The molecular weight excluding hydrogens is 1520 g/mol. The number of likely N-dealkylation sites (tertiary alicyclic amines) is 3. The molecule has 6 aromatic carbocycles. The Balaban J connectivity index is 0.000000186. The summed E-state index contributed by atoms with van der Waals surface area (Å²) in [7, 11) is 2.72. The molecule has 3 saturated heterocycles. The van der Waals surface area contributed by atoms with Gasteiger partial charge in [0.25, 0.3) is 11.8 Å². The summed E-state index contributed by atoms with van der Waals surface area (Å²) in [6, 6.07) is 25.1. The number of hydrogen-bond acceptors (Lipinski definition) is 14. The maximum Gasteiger partial charge on any atom is 0.410 e. The number of fused-ring (bicyclic) bond motifs is 2. The van der Waals surface area contributed by atoms with Crippen LogP contribution in [0.15, 0.2) is 115 Å². The standard InChI is InChI=1S/C31H40F2N2O4.C30H38F2N2O2.C17H14F2O4.C16H32N2O2/c1-20(2)27(10-6-21-12-15-34(16-13-21)30(37)39-31(3,4)5)35-17-14-22-7-9-24(19-25(22)29(35)36)38-28-11-8-23(32)18-26(28)33;1-20(2)28(9-5-21-11-14-33(15-12-21)19-22-3-4-22)34-16-13-23-6-8-25(18-26(23)30(34)35)36-29-10-7-24(31)17-27(29)32;1-21-8-7-11-3-5-13(10-14(11)17(20)22-2)23-16-6-4-12(18)9-15(16)19;1-12(2)14(17)7-6-13-8-10-18(11-9-13)15(19)20-16(3,4)5/h7-9,11,18-21,27H,6,10,12-17H2,1-5H3;6-8,10,17-18,20-22,28H,3-5,9,11-16,19H2,1-2H3;3-10H,1-2H3;12-14H,6-11,17H2,1-5H3/b;;8-7+;/t27-;28-;;14-/m00.0/s1. The molecule has 2 N–H and O–H groups in total. The molecule has 5 aliphatic heterocycles. The minimum absolute atomic E-state index is 0.0271. The molecule has 0 bridgehead atoms. The average molecular weight is 1640 g/mol. The fraction of sp³-hybridized carbons (Fsp3) is 0.543. The van der Waals surface area contributed by atoms with E-state index in [1.807, 2.05) is 63.5 Å². The molecule has 118 heavy (non-hydrogen) atoms. The number of amides is 4. The van der Waals surface area contributed by atoms with Crippen LogP contribution in [0.25, 0.3) is 6.08 Å². The number of halogens is 6. The van der Waals surface area contributed by atoms with Crippen LogP contribution in [0.1, 0.15) is 221 Å². The number of nitrogens with two attached hydrogens (primary N) is 1. The lowest BCUT2D eigenvalue weighted by Gasteiger charge is -2.39. The molecule has 0 aromatic heterocycles. The van der Waals surface area contributed by atoms with Crippen molar-refractivity contribution in [3.63, 3.8) is 0 Å². The monoisotopic (exact) mass is 1640 g/mol. The van der Waals surface area contributed by atoms with Gasteiger partial charge in [0.2, 0.25) is 0 Å². The van der Waals surface area contributed by atoms with Gasteiger partial charge < -0.3 is 63.4 Å². The Morgan fingerprint density at radius 1 is 0.466 bits per heavy atom. The number of piperidine rings is 3. The zero-order chi connectivity index (χ0) is 85.7. The Morgan fingerprint density at radius 2 is 0.847 bits per heavy atom. The van der Waals surface area contributed by atoms with Crippen molar-refractivity contribution in [3.8, 4) is 34.5 Å². The van der Waals surface area contributed by atoms with Gasteiger partial charge in [0.15, 0.2) is 34.7 Å². The second kappa shape index (κ2) is 43.1. The zero-order valence-electron chi connectivity index (χ0n) is 71.5. The molecule has 0 spiro atoms. The molecule has 18 nitrogen and oxygen atoms in total. The number of carbonyl (C=O) groups excluding carboxylic acids is 5. The Labute approximate surface area is 694 Å². The maximum atomic E-state index is 14.1. The second-order valence-electron chi connectivity index (χ2n) is 35.2. The summed E-state index contributed by atoms with van der Waals surface area (Å²) >= 11 is 0. The van der Waals surface area contributed by atoms with Gasteiger partial charge in [-0.15, -0.1) is 0 Å². The minimum Gasteiger partial charge on any atom is -0.504 e. The molecule has 1 saturated carbocycles. The summed E-state index contributed by atoms with van der Waals surface area (Å²) in [5, 5.41) is 0. The van der Waals surface area contributed by atoms with E-state index in [2.05, 4.69) is 51.3 Å². The summed E-state index contributed by atoms with van der Waals surface area (Å²) in [6.45, 7) is 32.6. The van der Waals surface area contributed by atoms with E-state index in [-0.39, 0.29) is 70.6 Å². The van der Waals surface area contributed by atoms with Gasteiger partial charge in [-0.3, -0.25) is 9.59 Å². The largest absolute Gasteiger partial charge is 0.504 e. The van der Waals surface area contributed by atoms with Crippen LogP contribution in [0.5, 0.6) is 34.5 Å². The topological polar surface area (TPSA) is 192 Å². The number of hydrogen-bond donors (Lipinski definition) is 1. The highest BCUT2D eigenvalue weighted by atomic mass is 19.2. The molecule has 3 atom stereocenters. The smallest absolute Gasteiger partial charge is 0.410 e. The molecule has 5 heterocycles. The Bertz CT molecular complexity index is 4350. The van der Waals surface area contributed by atoms with Crippen molar-refractivity contribution >= 4 is 36.0 Å². The van der Waals surface area contributed by atoms with Crippen LogP contribution in [0.4, 0.5) is 35.9 Å². The highest BCUT2D eigenvalue weighted by Gasteiger charge is 2.37. The van der Waals surface area contributed by atoms with Crippen LogP contribution in [0.2, 0.25) is 0 Å². The van der Waals surface area contributed by atoms with E-state index in [0.29, 0.717) is 83.6 Å². The van der Waals surface area contributed by atoms with Gasteiger partial charge in [-0.05, 0) is 294 Å². The van der Waals surface area contributed by atoms with Gasteiger partial charge in [0.05, 0.1) is 26.0 Å². The van der Waals surface area contributed by atoms with E-state index >= 15 is 0 Å². The molecule has 0 unspecified atom stereocenters. The normalized spacial score (nSPS) is 17.2. The zero-order valence-corrected chi connectivity index (χ0v) is 71.5. The number of methoxy groups -OCH3 is 2.